The van der Waals surface area contributed by atoms with Gasteiger partial charge in [0.25, 0.3) is 0 Å². The standard InChI is InChI=1S/C16H18BrNO2/c1-2-19-8-9-20-16-14(17)10-13(11-15(16)18)12-6-4-3-5-7-12/h3-7,10-11H,2,8-9,18H2,1H3. The van der Waals surface area contributed by atoms with Gasteiger partial charge in [0, 0.05) is 6.61 Å². The van der Waals surface area contributed by atoms with Crippen molar-refractivity contribution in [3.05, 3.63) is 46.9 Å². The van der Waals surface area contributed by atoms with Crippen LogP contribution in [0.3, 0.4) is 0 Å². The number of hydrogen-bond donors (Lipinski definition) is 1. The van der Waals surface area contributed by atoms with E-state index in [-0.39, 0.29) is 0 Å². The molecule has 0 radical (unpaired) electrons. The number of halogens is 1. The molecule has 0 saturated heterocycles. The van der Waals surface area contributed by atoms with Crippen molar-refractivity contribution in [1.82, 2.24) is 0 Å². The van der Waals surface area contributed by atoms with Crippen LogP contribution >= 0.6 is 15.9 Å². The molecule has 0 amide bonds. The van der Waals surface area contributed by atoms with Crippen LogP contribution in [-0.4, -0.2) is 19.8 Å². The first-order valence-electron chi connectivity index (χ1n) is 6.57. The molecule has 0 heterocycles. The Labute approximate surface area is 127 Å². The van der Waals surface area contributed by atoms with Crippen molar-refractivity contribution in [2.24, 2.45) is 0 Å². The number of rotatable bonds is 6. The zero-order chi connectivity index (χ0) is 14.4. The first kappa shape index (κ1) is 14.9. The lowest BCUT2D eigenvalue weighted by molar-refractivity contribution is 0.110. The Balaban J connectivity index is 2.17. The van der Waals surface area contributed by atoms with Crippen LogP contribution in [0.25, 0.3) is 11.1 Å². The lowest BCUT2D eigenvalue weighted by atomic mass is 10.1. The van der Waals surface area contributed by atoms with Gasteiger partial charge in [-0.25, -0.2) is 0 Å². The van der Waals surface area contributed by atoms with E-state index in [9.17, 15) is 0 Å². The third kappa shape index (κ3) is 3.74. The van der Waals surface area contributed by atoms with Crippen LogP contribution in [0.4, 0.5) is 5.69 Å². The summed E-state index contributed by atoms with van der Waals surface area (Å²) in [5.74, 6) is 0.671. The summed E-state index contributed by atoms with van der Waals surface area (Å²) >= 11 is 3.52. The van der Waals surface area contributed by atoms with E-state index in [0.717, 1.165) is 15.6 Å². The van der Waals surface area contributed by atoms with Crippen LogP contribution in [-0.2, 0) is 4.74 Å². The number of nitrogens with two attached hydrogens (primary N) is 1. The first-order chi connectivity index (χ1) is 9.72. The summed E-state index contributed by atoms with van der Waals surface area (Å²) in [6, 6.07) is 14.1. The molecule has 0 atom stereocenters. The number of ether oxygens (including phenoxy) is 2. The van der Waals surface area contributed by atoms with Gasteiger partial charge in [0.15, 0.2) is 5.75 Å². The first-order valence-corrected chi connectivity index (χ1v) is 7.36. The van der Waals surface area contributed by atoms with Crippen molar-refractivity contribution >= 4 is 21.6 Å². The van der Waals surface area contributed by atoms with Gasteiger partial charge in [0.05, 0.1) is 16.8 Å². The van der Waals surface area contributed by atoms with Crippen molar-refractivity contribution in [3.8, 4) is 16.9 Å². The molecule has 0 aliphatic carbocycles. The fourth-order valence-corrected chi connectivity index (χ4v) is 2.50. The van der Waals surface area contributed by atoms with E-state index in [0.29, 0.717) is 31.3 Å². The molecule has 0 aliphatic heterocycles. The zero-order valence-corrected chi connectivity index (χ0v) is 13.0. The van der Waals surface area contributed by atoms with Gasteiger partial charge >= 0.3 is 0 Å². The highest BCUT2D eigenvalue weighted by Gasteiger charge is 2.09. The minimum absolute atomic E-state index is 0.487. The largest absolute Gasteiger partial charge is 0.488 e. The van der Waals surface area contributed by atoms with E-state index < -0.39 is 0 Å². The summed E-state index contributed by atoms with van der Waals surface area (Å²) in [5.41, 5.74) is 8.89. The molecule has 0 spiro atoms. The maximum Gasteiger partial charge on any atom is 0.156 e. The third-order valence-corrected chi connectivity index (χ3v) is 3.45. The van der Waals surface area contributed by atoms with E-state index in [1.807, 2.05) is 37.3 Å². The molecular formula is C16H18BrNO2. The molecule has 20 heavy (non-hydrogen) atoms. The molecule has 0 aromatic heterocycles. The molecule has 0 bridgehead atoms. The predicted molar refractivity (Wildman–Crippen MR) is 86.0 cm³/mol. The van der Waals surface area contributed by atoms with Gasteiger partial charge in [0.2, 0.25) is 0 Å². The van der Waals surface area contributed by atoms with Gasteiger partial charge in [-0.05, 0) is 46.1 Å². The summed E-state index contributed by atoms with van der Waals surface area (Å²) in [6.45, 7) is 3.69. The van der Waals surface area contributed by atoms with Crippen molar-refractivity contribution in [3.63, 3.8) is 0 Å². The van der Waals surface area contributed by atoms with Crippen LogP contribution in [0.2, 0.25) is 0 Å². The average Bonchev–Trinajstić information content (AvgIpc) is 2.46. The molecule has 2 rings (SSSR count). The van der Waals surface area contributed by atoms with Crippen molar-refractivity contribution in [2.75, 3.05) is 25.6 Å². The number of benzene rings is 2. The van der Waals surface area contributed by atoms with Gasteiger partial charge in [-0.3, -0.25) is 0 Å². The normalized spacial score (nSPS) is 10.5. The Bertz CT molecular complexity index is 535. The molecule has 2 N–H and O–H groups in total. The van der Waals surface area contributed by atoms with Gasteiger partial charge in [0.1, 0.15) is 6.61 Å². The number of anilines is 1. The minimum Gasteiger partial charge on any atom is -0.488 e. The minimum atomic E-state index is 0.487. The lowest BCUT2D eigenvalue weighted by Gasteiger charge is -2.13. The molecular weight excluding hydrogens is 318 g/mol. The maximum absolute atomic E-state index is 6.08. The molecule has 2 aromatic carbocycles. The number of hydrogen-bond acceptors (Lipinski definition) is 3. The quantitative estimate of drug-likeness (QED) is 0.638. The van der Waals surface area contributed by atoms with Crippen LogP contribution < -0.4 is 10.5 Å². The van der Waals surface area contributed by atoms with E-state index in [1.54, 1.807) is 0 Å². The maximum atomic E-state index is 6.08. The van der Waals surface area contributed by atoms with E-state index in [1.165, 1.54) is 0 Å². The monoisotopic (exact) mass is 335 g/mol. The lowest BCUT2D eigenvalue weighted by Crippen LogP contribution is -2.08. The Hall–Kier alpha value is -1.52. The van der Waals surface area contributed by atoms with Crippen molar-refractivity contribution in [1.29, 1.82) is 0 Å². The highest BCUT2D eigenvalue weighted by atomic mass is 79.9. The smallest absolute Gasteiger partial charge is 0.156 e. The third-order valence-electron chi connectivity index (χ3n) is 2.86. The second-order valence-electron chi connectivity index (χ2n) is 4.29. The van der Waals surface area contributed by atoms with Crippen molar-refractivity contribution in [2.45, 2.75) is 6.92 Å². The summed E-state index contributed by atoms with van der Waals surface area (Å²) in [4.78, 5) is 0. The molecule has 0 saturated carbocycles. The molecule has 0 aliphatic rings. The Morgan fingerprint density at radius 3 is 2.45 bits per heavy atom. The number of nitrogen functional groups attached to an aromatic ring is 1. The Morgan fingerprint density at radius 1 is 1.05 bits per heavy atom. The molecule has 2 aromatic rings. The summed E-state index contributed by atoms with van der Waals surface area (Å²) in [5, 5.41) is 0. The highest BCUT2D eigenvalue weighted by molar-refractivity contribution is 9.10. The second kappa shape index (κ2) is 7.31. The molecule has 106 valence electrons. The summed E-state index contributed by atoms with van der Waals surface area (Å²) in [7, 11) is 0. The summed E-state index contributed by atoms with van der Waals surface area (Å²) in [6.07, 6.45) is 0. The molecule has 4 heteroatoms. The molecule has 0 unspecified atom stereocenters. The van der Waals surface area contributed by atoms with Crippen LogP contribution in [0.1, 0.15) is 6.92 Å². The highest BCUT2D eigenvalue weighted by Crippen LogP contribution is 2.36. The van der Waals surface area contributed by atoms with E-state index >= 15 is 0 Å². The summed E-state index contributed by atoms with van der Waals surface area (Å²) < 4.78 is 11.8. The topological polar surface area (TPSA) is 44.5 Å². The molecule has 3 nitrogen and oxygen atoms in total. The molecule has 0 fully saturated rings. The SMILES string of the molecule is CCOCCOc1c(N)cc(-c2ccccc2)cc1Br. The van der Waals surface area contributed by atoms with Crippen LogP contribution in [0.15, 0.2) is 46.9 Å². The van der Waals surface area contributed by atoms with E-state index in [4.69, 9.17) is 15.2 Å². The zero-order valence-electron chi connectivity index (χ0n) is 11.4. The Kier molecular flexibility index (Phi) is 5.44. The van der Waals surface area contributed by atoms with Gasteiger partial charge in [-0.2, -0.15) is 0 Å². The Morgan fingerprint density at radius 2 is 1.80 bits per heavy atom. The van der Waals surface area contributed by atoms with Crippen LogP contribution in [0, 0.1) is 0 Å². The van der Waals surface area contributed by atoms with Gasteiger partial charge in [-0.15, -0.1) is 0 Å². The van der Waals surface area contributed by atoms with Gasteiger partial charge in [-0.1, -0.05) is 30.3 Å². The second-order valence-corrected chi connectivity index (χ2v) is 5.14. The van der Waals surface area contributed by atoms with Gasteiger partial charge < -0.3 is 15.2 Å². The fraction of sp³-hybridized carbons (Fsp3) is 0.250. The van der Waals surface area contributed by atoms with Crippen molar-refractivity contribution < 1.29 is 9.47 Å². The van der Waals surface area contributed by atoms with Crippen LogP contribution in [0.5, 0.6) is 5.75 Å². The average molecular weight is 336 g/mol. The fourth-order valence-electron chi connectivity index (χ4n) is 1.91. The predicted octanol–water partition coefficient (Wildman–Crippen LogP) is 4.11. The van der Waals surface area contributed by atoms with E-state index in [2.05, 4.69) is 28.1 Å².